The average Bonchev–Trinajstić information content (AvgIpc) is 3.04. The van der Waals surface area contributed by atoms with Crippen LogP contribution in [0.3, 0.4) is 0 Å². The van der Waals surface area contributed by atoms with Gasteiger partial charge in [-0.1, -0.05) is 13.8 Å². The Balaban J connectivity index is 1.92. The van der Waals surface area contributed by atoms with Crippen LogP contribution in [0.2, 0.25) is 0 Å². The smallest absolute Gasteiger partial charge is 0.419 e. The fourth-order valence-corrected chi connectivity index (χ4v) is 3.85. The number of fused-ring (bicyclic) bond motifs is 2. The normalized spacial score (nSPS) is 34.2. The van der Waals surface area contributed by atoms with E-state index >= 15 is 0 Å². The number of esters is 1. The molecule has 2 aliphatic carbocycles. The summed E-state index contributed by atoms with van der Waals surface area (Å²) >= 11 is 0. The molecule has 0 heterocycles. The Morgan fingerprint density at radius 1 is 1.26 bits per heavy atom. The Kier molecular flexibility index (Phi) is 5.28. The van der Waals surface area contributed by atoms with Crippen molar-refractivity contribution in [3.63, 3.8) is 0 Å². The second kappa shape index (κ2) is 6.57. The van der Waals surface area contributed by atoms with Crippen molar-refractivity contribution in [1.29, 1.82) is 0 Å². The molecule has 1 N–H and O–H groups in total. The lowest BCUT2D eigenvalue weighted by Crippen LogP contribution is -2.49. The van der Waals surface area contributed by atoms with Crippen LogP contribution in [-0.2, 0) is 9.53 Å². The van der Waals surface area contributed by atoms with Gasteiger partial charge in [0.2, 0.25) is 0 Å². The largest absolute Gasteiger partial charge is 0.462 e. The first-order chi connectivity index (χ1) is 10.6. The summed E-state index contributed by atoms with van der Waals surface area (Å²) in [7, 11) is 0. The zero-order chi connectivity index (χ0) is 17.4. The standard InChI is InChI=1S/C16H24F4O3/c1-3-9(2)14(21)23-13-6-10-4-11(13)5-12(10)7-15(22,8-17)16(18,19)20/h9-13,22H,3-8H2,1-2H3. The molecule has 0 amide bonds. The van der Waals surface area contributed by atoms with Gasteiger partial charge in [-0.15, -0.1) is 0 Å². The lowest BCUT2D eigenvalue weighted by molar-refractivity contribution is -0.271. The van der Waals surface area contributed by atoms with Crippen LogP contribution in [-0.4, -0.2) is 35.6 Å². The summed E-state index contributed by atoms with van der Waals surface area (Å²) < 4.78 is 56.7. The topological polar surface area (TPSA) is 46.5 Å². The van der Waals surface area contributed by atoms with Gasteiger partial charge < -0.3 is 9.84 Å². The van der Waals surface area contributed by atoms with Crippen LogP contribution in [0.4, 0.5) is 17.6 Å². The van der Waals surface area contributed by atoms with Crippen LogP contribution in [0.1, 0.15) is 46.0 Å². The van der Waals surface area contributed by atoms with Crippen molar-refractivity contribution in [3.05, 3.63) is 0 Å². The van der Waals surface area contributed by atoms with Gasteiger partial charge in [-0.05, 0) is 49.9 Å². The summed E-state index contributed by atoms with van der Waals surface area (Å²) in [6.07, 6.45) is -3.51. The highest BCUT2D eigenvalue weighted by Gasteiger charge is 2.58. The molecule has 0 aliphatic heterocycles. The highest BCUT2D eigenvalue weighted by atomic mass is 19.4. The molecule has 0 aromatic rings. The maximum Gasteiger partial charge on any atom is 0.419 e. The molecular formula is C16H24F4O3. The SMILES string of the molecule is CCC(C)C(=O)OC1CC2CC1CC2CC(O)(CF)C(F)(F)F. The van der Waals surface area contributed by atoms with Gasteiger partial charge in [0.25, 0.3) is 0 Å². The lowest BCUT2D eigenvalue weighted by Gasteiger charge is -2.34. The third-order valence-electron chi connectivity index (χ3n) is 5.57. The second-order valence-corrected chi connectivity index (χ2v) is 7.14. The highest BCUT2D eigenvalue weighted by molar-refractivity contribution is 5.72. The lowest BCUT2D eigenvalue weighted by atomic mass is 9.79. The van der Waals surface area contributed by atoms with Gasteiger partial charge >= 0.3 is 12.1 Å². The summed E-state index contributed by atoms with van der Waals surface area (Å²) in [5.74, 6) is -0.852. The van der Waals surface area contributed by atoms with Crippen molar-refractivity contribution in [2.45, 2.75) is 63.8 Å². The molecule has 0 aromatic carbocycles. The molecule has 2 aliphatic rings. The third-order valence-corrected chi connectivity index (χ3v) is 5.57. The fraction of sp³-hybridized carbons (Fsp3) is 0.938. The van der Waals surface area contributed by atoms with E-state index in [1.807, 2.05) is 6.92 Å². The number of ether oxygens (including phenoxy) is 1. The Morgan fingerprint density at radius 2 is 1.91 bits per heavy atom. The maximum atomic E-state index is 12.8. The Hall–Kier alpha value is -0.850. The summed E-state index contributed by atoms with van der Waals surface area (Å²) in [5.41, 5.74) is -3.26. The van der Waals surface area contributed by atoms with E-state index in [2.05, 4.69) is 0 Å². The zero-order valence-electron chi connectivity index (χ0n) is 13.4. The Labute approximate surface area is 133 Å². The number of hydrogen-bond donors (Lipinski definition) is 1. The predicted molar refractivity (Wildman–Crippen MR) is 75.3 cm³/mol. The number of halogens is 4. The molecule has 2 bridgehead atoms. The van der Waals surface area contributed by atoms with E-state index in [9.17, 15) is 27.5 Å². The van der Waals surface area contributed by atoms with E-state index in [-0.39, 0.29) is 35.7 Å². The van der Waals surface area contributed by atoms with Gasteiger partial charge in [0.15, 0.2) is 5.60 Å². The molecule has 23 heavy (non-hydrogen) atoms. The van der Waals surface area contributed by atoms with Crippen LogP contribution in [0.25, 0.3) is 0 Å². The first kappa shape index (κ1) is 18.5. The van der Waals surface area contributed by atoms with E-state index in [0.717, 1.165) is 0 Å². The van der Waals surface area contributed by atoms with Crippen molar-refractivity contribution in [2.75, 3.05) is 6.67 Å². The molecule has 0 saturated heterocycles. The number of carbonyl (C=O) groups is 1. The Morgan fingerprint density at radius 3 is 2.35 bits per heavy atom. The minimum atomic E-state index is -4.97. The van der Waals surface area contributed by atoms with E-state index in [4.69, 9.17) is 4.74 Å². The number of alkyl halides is 4. The quantitative estimate of drug-likeness (QED) is 0.593. The minimum Gasteiger partial charge on any atom is -0.462 e. The van der Waals surface area contributed by atoms with Gasteiger partial charge in [0.05, 0.1) is 5.92 Å². The van der Waals surface area contributed by atoms with Crippen LogP contribution in [0.5, 0.6) is 0 Å². The van der Waals surface area contributed by atoms with Crippen molar-refractivity contribution in [1.82, 2.24) is 0 Å². The van der Waals surface area contributed by atoms with Crippen molar-refractivity contribution >= 4 is 5.97 Å². The van der Waals surface area contributed by atoms with Crippen LogP contribution < -0.4 is 0 Å². The highest BCUT2D eigenvalue weighted by Crippen LogP contribution is 2.53. The van der Waals surface area contributed by atoms with Crippen LogP contribution >= 0.6 is 0 Å². The Bertz CT molecular complexity index is 440. The molecule has 0 radical (unpaired) electrons. The molecule has 2 saturated carbocycles. The number of aliphatic hydroxyl groups is 1. The van der Waals surface area contributed by atoms with Gasteiger partial charge in [-0.3, -0.25) is 4.79 Å². The van der Waals surface area contributed by atoms with Gasteiger partial charge in [-0.25, -0.2) is 4.39 Å². The van der Waals surface area contributed by atoms with Crippen LogP contribution in [0.15, 0.2) is 0 Å². The third kappa shape index (κ3) is 3.64. The van der Waals surface area contributed by atoms with E-state index in [1.165, 1.54) is 0 Å². The molecule has 7 heteroatoms. The molecule has 6 atom stereocenters. The molecule has 0 aromatic heterocycles. The number of carbonyl (C=O) groups excluding carboxylic acids is 1. The molecule has 2 rings (SSSR count). The minimum absolute atomic E-state index is 0.0232. The van der Waals surface area contributed by atoms with Gasteiger partial charge in [0, 0.05) is 0 Å². The molecular weight excluding hydrogens is 316 g/mol. The summed E-state index contributed by atoms with van der Waals surface area (Å²) in [6, 6.07) is 0. The molecule has 134 valence electrons. The van der Waals surface area contributed by atoms with Crippen LogP contribution in [0, 0.1) is 23.7 Å². The maximum absolute atomic E-state index is 12.8. The van der Waals surface area contributed by atoms with E-state index in [1.54, 1.807) is 6.92 Å². The second-order valence-electron chi connectivity index (χ2n) is 7.14. The number of hydrogen-bond acceptors (Lipinski definition) is 3. The summed E-state index contributed by atoms with van der Waals surface area (Å²) in [6.45, 7) is 1.84. The van der Waals surface area contributed by atoms with Crippen molar-refractivity contribution < 1.29 is 32.2 Å². The first-order valence-electron chi connectivity index (χ1n) is 8.16. The van der Waals surface area contributed by atoms with Gasteiger partial charge in [-0.2, -0.15) is 13.2 Å². The molecule has 3 nitrogen and oxygen atoms in total. The predicted octanol–water partition coefficient (Wildman–Crippen LogP) is 3.64. The zero-order valence-corrected chi connectivity index (χ0v) is 13.4. The van der Waals surface area contributed by atoms with Crippen molar-refractivity contribution in [2.24, 2.45) is 23.7 Å². The van der Waals surface area contributed by atoms with E-state index < -0.39 is 24.9 Å². The molecule has 0 spiro atoms. The molecule has 6 unspecified atom stereocenters. The van der Waals surface area contributed by atoms with E-state index in [0.29, 0.717) is 25.7 Å². The fourth-order valence-electron chi connectivity index (χ4n) is 3.85. The summed E-state index contributed by atoms with van der Waals surface area (Å²) in [5, 5.41) is 9.58. The van der Waals surface area contributed by atoms with Crippen molar-refractivity contribution in [3.8, 4) is 0 Å². The van der Waals surface area contributed by atoms with Gasteiger partial charge in [0.1, 0.15) is 12.8 Å². The monoisotopic (exact) mass is 340 g/mol. The number of rotatable bonds is 6. The molecule has 2 fully saturated rings. The average molecular weight is 340 g/mol. The first-order valence-corrected chi connectivity index (χ1v) is 8.16. The summed E-state index contributed by atoms with van der Waals surface area (Å²) in [4.78, 5) is 11.8.